The number of aliphatic carboxylic acids is 1. The van der Waals surface area contributed by atoms with Crippen LogP contribution in [-0.2, 0) is 21.2 Å². The molecule has 102 valence electrons. The molecule has 0 aliphatic heterocycles. The first-order valence-electron chi connectivity index (χ1n) is 5.30. The van der Waals surface area contributed by atoms with Crippen LogP contribution in [0.15, 0.2) is 16.3 Å². The summed E-state index contributed by atoms with van der Waals surface area (Å²) in [4.78, 5) is 11.7. The second-order valence-electron chi connectivity index (χ2n) is 3.75. The number of hydrogen-bond acceptors (Lipinski definition) is 5. The van der Waals surface area contributed by atoms with Gasteiger partial charge in [-0.15, -0.1) is 11.3 Å². The van der Waals surface area contributed by atoms with Crippen molar-refractivity contribution in [3.8, 4) is 0 Å². The molecule has 1 aromatic rings. The molecule has 1 rings (SSSR count). The van der Waals surface area contributed by atoms with Gasteiger partial charge in [0.2, 0.25) is 0 Å². The van der Waals surface area contributed by atoms with Crippen molar-refractivity contribution >= 4 is 27.3 Å². The Morgan fingerprint density at radius 1 is 1.50 bits per heavy atom. The molecule has 0 bridgehead atoms. The summed E-state index contributed by atoms with van der Waals surface area (Å²) >= 11 is 1.08. The molecule has 1 heterocycles. The number of nitrogens with one attached hydrogen (secondary N) is 1. The van der Waals surface area contributed by atoms with Gasteiger partial charge in [0, 0.05) is 4.88 Å². The fourth-order valence-corrected chi connectivity index (χ4v) is 3.85. The summed E-state index contributed by atoms with van der Waals surface area (Å²) in [7, 11) is -3.91. The SMILES string of the molecule is CCc1ccc(S(=O)(=O)N[C@H](C(=O)O)[C@@H](C)O)s1. The number of sulfonamides is 1. The lowest BCUT2D eigenvalue weighted by Gasteiger charge is -2.16. The minimum atomic E-state index is -3.91. The molecule has 0 saturated carbocycles. The summed E-state index contributed by atoms with van der Waals surface area (Å²) in [6, 6.07) is 1.55. The van der Waals surface area contributed by atoms with Crippen molar-refractivity contribution in [2.75, 3.05) is 0 Å². The first-order chi connectivity index (χ1) is 8.27. The highest BCUT2D eigenvalue weighted by molar-refractivity contribution is 7.91. The van der Waals surface area contributed by atoms with Crippen molar-refractivity contribution in [2.45, 2.75) is 36.6 Å². The first-order valence-corrected chi connectivity index (χ1v) is 7.59. The number of aliphatic hydroxyl groups is 1. The fraction of sp³-hybridized carbons (Fsp3) is 0.500. The Morgan fingerprint density at radius 3 is 2.50 bits per heavy atom. The van der Waals surface area contributed by atoms with E-state index in [0.29, 0.717) is 6.42 Å². The fourth-order valence-electron chi connectivity index (χ4n) is 1.27. The van der Waals surface area contributed by atoms with Crippen LogP contribution in [0.1, 0.15) is 18.7 Å². The van der Waals surface area contributed by atoms with E-state index >= 15 is 0 Å². The van der Waals surface area contributed by atoms with Gasteiger partial charge in [-0.2, -0.15) is 4.72 Å². The highest BCUT2D eigenvalue weighted by Crippen LogP contribution is 2.22. The topological polar surface area (TPSA) is 104 Å². The monoisotopic (exact) mass is 293 g/mol. The van der Waals surface area contributed by atoms with Crippen LogP contribution in [0.3, 0.4) is 0 Å². The number of carboxylic acid groups (broad SMARTS) is 1. The molecule has 0 fully saturated rings. The molecular formula is C10H15NO5S2. The van der Waals surface area contributed by atoms with Crippen LogP contribution >= 0.6 is 11.3 Å². The normalized spacial score (nSPS) is 15.3. The van der Waals surface area contributed by atoms with Gasteiger partial charge in [0.25, 0.3) is 10.0 Å². The maximum atomic E-state index is 11.9. The third-order valence-electron chi connectivity index (χ3n) is 2.28. The molecule has 3 N–H and O–H groups in total. The van der Waals surface area contributed by atoms with Gasteiger partial charge in [0.05, 0.1) is 6.10 Å². The van der Waals surface area contributed by atoms with Gasteiger partial charge in [-0.3, -0.25) is 4.79 Å². The van der Waals surface area contributed by atoms with E-state index in [2.05, 4.69) is 0 Å². The van der Waals surface area contributed by atoms with E-state index in [1.54, 1.807) is 6.07 Å². The Hall–Kier alpha value is -0.960. The van der Waals surface area contributed by atoms with E-state index in [4.69, 9.17) is 5.11 Å². The van der Waals surface area contributed by atoms with Crippen LogP contribution in [0.2, 0.25) is 0 Å². The van der Waals surface area contributed by atoms with Gasteiger partial charge in [0.15, 0.2) is 0 Å². The molecular weight excluding hydrogens is 278 g/mol. The summed E-state index contributed by atoms with van der Waals surface area (Å²) in [5.74, 6) is -1.42. The Labute approximate surface area is 109 Å². The van der Waals surface area contributed by atoms with Crippen molar-refractivity contribution in [1.29, 1.82) is 0 Å². The Bertz CT molecular complexity index is 520. The second-order valence-corrected chi connectivity index (χ2v) is 6.86. The minimum Gasteiger partial charge on any atom is -0.480 e. The molecule has 0 unspecified atom stereocenters. The highest BCUT2D eigenvalue weighted by atomic mass is 32.2. The smallest absolute Gasteiger partial charge is 0.324 e. The van der Waals surface area contributed by atoms with E-state index in [-0.39, 0.29) is 4.21 Å². The minimum absolute atomic E-state index is 0.0475. The van der Waals surface area contributed by atoms with Gasteiger partial charge >= 0.3 is 5.97 Å². The van der Waals surface area contributed by atoms with Crippen LogP contribution in [0.25, 0.3) is 0 Å². The quantitative estimate of drug-likeness (QED) is 0.705. The summed E-state index contributed by atoms with van der Waals surface area (Å²) in [6.07, 6.45) is -0.609. The zero-order chi connectivity index (χ0) is 13.9. The molecule has 1 aromatic heterocycles. The van der Waals surface area contributed by atoms with E-state index in [9.17, 15) is 18.3 Å². The van der Waals surface area contributed by atoms with Crippen LogP contribution in [0.5, 0.6) is 0 Å². The second kappa shape index (κ2) is 5.79. The molecule has 0 spiro atoms. The predicted molar refractivity (Wildman–Crippen MR) is 67.1 cm³/mol. The third-order valence-corrected chi connectivity index (χ3v) is 5.44. The van der Waals surface area contributed by atoms with E-state index in [0.717, 1.165) is 16.2 Å². The molecule has 0 radical (unpaired) electrons. The number of carboxylic acids is 1. The van der Waals surface area contributed by atoms with Gasteiger partial charge in [-0.1, -0.05) is 6.92 Å². The average molecular weight is 293 g/mol. The largest absolute Gasteiger partial charge is 0.480 e. The van der Waals surface area contributed by atoms with E-state index in [1.807, 2.05) is 11.6 Å². The standard InChI is InChI=1S/C10H15NO5S2/c1-3-7-4-5-8(17-7)18(15,16)11-9(6(2)12)10(13)14/h4-6,9,11-12H,3H2,1-2H3,(H,13,14)/t6-,9+/m1/s1. The van der Waals surface area contributed by atoms with Crippen LogP contribution < -0.4 is 4.72 Å². The Morgan fingerprint density at radius 2 is 2.11 bits per heavy atom. The lowest BCUT2D eigenvalue weighted by molar-refractivity contribution is -0.141. The van der Waals surface area contributed by atoms with Crippen LogP contribution in [0, 0.1) is 0 Å². The maximum Gasteiger partial charge on any atom is 0.324 e. The summed E-state index contributed by atoms with van der Waals surface area (Å²) in [5, 5.41) is 18.1. The Kier molecular flexibility index (Phi) is 4.85. The number of aliphatic hydroxyl groups excluding tert-OH is 1. The Balaban J connectivity index is 2.96. The highest BCUT2D eigenvalue weighted by Gasteiger charge is 2.29. The number of thiophene rings is 1. The zero-order valence-corrected chi connectivity index (χ0v) is 11.6. The molecule has 0 amide bonds. The lowest BCUT2D eigenvalue weighted by Crippen LogP contribution is -2.47. The summed E-state index contributed by atoms with van der Waals surface area (Å²) in [5.41, 5.74) is 0. The summed E-state index contributed by atoms with van der Waals surface area (Å²) < 4.78 is 25.8. The van der Waals surface area contributed by atoms with Crippen molar-refractivity contribution in [3.05, 3.63) is 17.0 Å². The third kappa shape index (κ3) is 3.52. The lowest BCUT2D eigenvalue weighted by atomic mass is 10.2. The number of rotatable bonds is 6. The number of aryl methyl sites for hydroxylation is 1. The van der Waals surface area contributed by atoms with E-state index in [1.165, 1.54) is 13.0 Å². The van der Waals surface area contributed by atoms with Crippen molar-refractivity contribution in [2.24, 2.45) is 0 Å². The molecule has 0 aliphatic carbocycles. The average Bonchev–Trinajstić information content (AvgIpc) is 2.74. The molecule has 2 atom stereocenters. The zero-order valence-electron chi connectivity index (χ0n) is 9.95. The number of carbonyl (C=O) groups is 1. The van der Waals surface area contributed by atoms with Gasteiger partial charge < -0.3 is 10.2 Å². The van der Waals surface area contributed by atoms with Gasteiger partial charge in [-0.05, 0) is 25.5 Å². The molecule has 0 saturated heterocycles. The predicted octanol–water partition coefficient (Wildman–Crippen LogP) is 0.423. The van der Waals surface area contributed by atoms with Crippen LogP contribution in [0.4, 0.5) is 0 Å². The molecule has 0 aromatic carbocycles. The van der Waals surface area contributed by atoms with Gasteiger partial charge in [-0.25, -0.2) is 8.42 Å². The maximum absolute atomic E-state index is 11.9. The van der Waals surface area contributed by atoms with Crippen LogP contribution in [-0.4, -0.2) is 36.7 Å². The molecule has 18 heavy (non-hydrogen) atoms. The van der Waals surface area contributed by atoms with Crippen molar-refractivity contribution < 1.29 is 23.4 Å². The molecule has 6 nitrogen and oxygen atoms in total. The molecule has 0 aliphatic rings. The van der Waals surface area contributed by atoms with Crippen molar-refractivity contribution in [3.63, 3.8) is 0 Å². The first kappa shape index (κ1) is 15.1. The number of hydrogen-bond donors (Lipinski definition) is 3. The van der Waals surface area contributed by atoms with E-state index < -0.39 is 28.1 Å². The van der Waals surface area contributed by atoms with Gasteiger partial charge in [0.1, 0.15) is 10.3 Å². The summed E-state index contributed by atoms with van der Waals surface area (Å²) in [6.45, 7) is 3.11. The van der Waals surface area contributed by atoms with Crippen molar-refractivity contribution in [1.82, 2.24) is 4.72 Å². The molecule has 8 heteroatoms.